The normalized spacial score (nSPS) is 11.8. The van der Waals surface area contributed by atoms with Crippen LogP contribution in [0.15, 0.2) is 30.3 Å². The number of rotatable bonds is 4. The quantitative estimate of drug-likeness (QED) is 0.793. The molecule has 0 amide bonds. The first-order valence-electron chi connectivity index (χ1n) is 4.63. The summed E-state index contributed by atoms with van der Waals surface area (Å²) in [5.41, 5.74) is 7.07. The monoisotopic (exact) mass is 199 g/mol. The van der Waals surface area contributed by atoms with Crippen molar-refractivity contribution in [1.29, 1.82) is 0 Å². The smallest absolute Gasteiger partial charge is 0.000824 e. The Morgan fingerprint density at radius 2 is 1.85 bits per heavy atom. The van der Waals surface area contributed by atoms with Crippen LogP contribution in [0, 0.1) is 0 Å². The van der Waals surface area contributed by atoms with Gasteiger partial charge in [0.2, 0.25) is 0 Å². The summed E-state index contributed by atoms with van der Waals surface area (Å²) in [5.74, 6) is 0.552. The van der Waals surface area contributed by atoms with Crippen LogP contribution < -0.4 is 5.73 Å². The molecule has 0 radical (unpaired) electrons. The minimum atomic E-state index is 0. The maximum absolute atomic E-state index is 5.69. The number of halogens is 1. The summed E-state index contributed by atoms with van der Waals surface area (Å²) in [6.45, 7) is 2.96. The summed E-state index contributed by atoms with van der Waals surface area (Å²) in [6, 6.07) is 10.5. The van der Waals surface area contributed by atoms with E-state index in [-0.39, 0.29) is 12.4 Å². The molecular weight excluding hydrogens is 182 g/mol. The molecule has 0 saturated heterocycles. The molecular formula is C11H18ClN. The highest BCUT2D eigenvalue weighted by Gasteiger charge is 2.06. The number of hydrogen-bond donors (Lipinski definition) is 1. The van der Waals surface area contributed by atoms with E-state index in [4.69, 9.17) is 5.73 Å². The highest BCUT2D eigenvalue weighted by molar-refractivity contribution is 5.85. The molecule has 0 fully saturated rings. The second-order valence-electron chi connectivity index (χ2n) is 3.13. The number of nitrogens with two attached hydrogens (primary N) is 1. The van der Waals surface area contributed by atoms with Crippen LogP contribution in [0.4, 0.5) is 0 Å². The van der Waals surface area contributed by atoms with E-state index in [1.54, 1.807) is 0 Å². The van der Waals surface area contributed by atoms with Gasteiger partial charge in [0.1, 0.15) is 0 Å². The standard InChI is InChI=1S/C11H17N.ClH/c1-2-6-11(9-12)10-7-4-3-5-8-10;/h3-5,7-8,11H,2,6,9,12H2,1H3;1H. The molecule has 0 saturated carbocycles. The number of hydrogen-bond acceptors (Lipinski definition) is 1. The molecule has 1 aromatic carbocycles. The second-order valence-corrected chi connectivity index (χ2v) is 3.13. The molecule has 74 valence electrons. The molecule has 1 nitrogen and oxygen atoms in total. The molecule has 1 rings (SSSR count). The van der Waals surface area contributed by atoms with Gasteiger partial charge in [-0.2, -0.15) is 0 Å². The van der Waals surface area contributed by atoms with Gasteiger partial charge in [-0.15, -0.1) is 12.4 Å². The molecule has 0 aliphatic carbocycles. The Hall–Kier alpha value is -0.530. The van der Waals surface area contributed by atoms with Gasteiger partial charge in [-0.05, 0) is 24.4 Å². The van der Waals surface area contributed by atoms with Crippen LogP contribution in [-0.4, -0.2) is 6.54 Å². The van der Waals surface area contributed by atoms with Gasteiger partial charge in [-0.3, -0.25) is 0 Å². The summed E-state index contributed by atoms with van der Waals surface area (Å²) in [4.78, 5) is 0. The fourth-order valence-corrected chi connectivity index (χ4v) is 1.49. The molecule has 0 aliphatic heterocycles. The largest absolute Gasteiger partial charge is 0.330 e. The van der Waals surface area contributed by atoms with Crippen molar-refractivity contribution >= 4 is 12.4 Å². The fraction of sp³-hybridized carbons (Fsp3) is 0.455. The molecule has 0 aliphatic rings. The first kappa shape index (κ1) is 12.5. The van der Waals surface area contributed by atoms with E-state index in [1.165, 1.54) is 18.4 Å². The predicted octanol–water partition coefficient (Wildman–Crippen LogP) is 2.95. The van der Waals surface area contributed by atoms with Crippen LogP contribution in [0.25, 0.3) is 0 Å². The molecule has 1 unspecified atom stereocenters. The van der Waals surface area contributed by atoms with Crippen LogP contribution in [0.2, 0.25) is 0 Å². The van der Waals surface area contributed by atoms with Gasteiger partial charge in [0.15, 0.2) is 0 Å². The number of benzene rings is 1. The molecule has 2 N–H and O–H groups in total. The van der Waals surface area contributed by atoms with Crippen molar-refractivity contribution in [2.45, 2.75) is 25.7 Å². The first-order valence-corrected chi connectivity index (χ1v) is 4.63. The summed E-state index contributed by atoms with van der Waals surface area (Å²) < 4.78 is 0. The molecule has 2 heteroatoms. The average Bonchev–Trinajstić information content (AvgIpc) is 2.15. The van der Waals surface area contributed by atoms with E-state index in [9.17, 15) is 0 Å². The first-order chi connectivity index (χ1) is 5.88. The summed E-state index contributed by atoms with van der Waals surface area (Å²) >= 11 is 0. The minimum absolute atomic E-state index is 0. The van der Waals surface area contributed by atoms with Crippen molar-refractivity contribution in [3.63, 3.8) is 0 Å². The van der Waals surface area contributed by atoms with Gasteiger partial charge in [0, 0.05) is 0 Å². The maximum atomic E-state index is 5.69. The van der Waals surface area contributed by atoms with Gasteiger partial charge in [0.05, 0.1) is 0 Å². The summed E-state index contributed by atoms with van der Waals surface area (Å²) in [5, 5.41) is 0. The van der Waals surface area contributed by atoms with Crippen LogP contribution in [0.5, 0.6) is 0 Å². The van der Waals surface area contributed by atoms with Crippen molar-refractivity contribution in [1.82, 2.24) is 0 Å². The van der Waals surface area contributed by atoms with Crippen molar-refractivity contribution in [3.8, 4) is 0 Å². The lowest BCUT2D eigenvalue weighted by Crippen LogP contribution is -2.11. The van der Waals surface area contributed by atoms with Crippen LogP contribution in [0.1, 0.15) is 31.2 Å². The Labute approximate surface area is 86.7 Å². The van der Waals surface area contributed by atoms with Gasteiger partial charge in [-0.1, -0.05) is 43.7 Å². The predicted molar refractivity (Wildman–Crippen MR) is 60.4 cm³/mol. The molecule has 13 heavy (non-hydrogen) atoms. The van der Waals surface area contributed by atoms with Crippen molar-refractivity contribution in [2.75, 3.05) is 6.54 Å². The summed E-state index contributed by atoms with van der Waals surface area (Å²) in [6.07, 6.45) is 2.40. The zero-order valence-electron chi connectivity index (χ0n) is 8.07. The zero-order chi connectivity index (χ0) is 8.81. The lowest BCUT2D eigenvalue weighted by Gasteiger charge is -2.13. The fourth-order valence-electron chi connectivity index (χ4n) is 1.49. The molecule has 0 spiro atoms. The van der Waals surface area contributed by atoms with Crippen LogP contribution in [-0.2, 0) is 0 Å². The highest BCUT2D eigenvalue weighted by Crippen LogP contribution is 2.18. The molecule has 0 bridgehead atoms. The van der Waals surface area contributed by atoms with Gasteiger partial charge < -0.3 is 5.73 Å². The Kier molecular flexibility index (Phi) is 6.65. The zero-order valence-corrected chi connectivity index (χ0v) is 8.89. The molecule has 0 heterocycles. The van der Waals surface area contributed by atoms with Gasteiger partial charge >= 0.3 is 0 Å². The average molecular weight is 200 g/mol. The Balaban J connectivity index is 0.00000144. The summed E-state index contributed by atoms with van der Waals surface area (Å²) in [7, 11) is 0. The van der Waals surface area contributed by atoms with E-state index in [0.29, 0.717) is 5.92 Å². The van der Waals surface area contributed by atoms with Crippen LogP contribution >= 0.6 is 12.4 Å². The van der Waals surface area contributed by atoms with Crippen molar-refractivity contribution in [2.24, 2.45) is 5.73 Å². The van der Waals surface area contributed by atoms with E-state index in [0.717, 1.165) is 6.54 Å². The van der Waals surface area contributed by atoms with Crippen LogP contribution in [0.3, 0.4) is 0 Å². The van der Waals surface area contributed by atoms with Gasteiger partial charge in [0.25, 0.3) is 0 Å². The lowest BCUT2D eigenvalue weighted by molar-refractivity contribution is 0.622. The van der Waals surface area contributed by atoms with Gasteiger partial charge in [-0.25, -0.2) is 0 Å². The Bertz CT molecular complexity index is 211. The van der Waals surface area contributed by atoms with E-state index >= 15 is 0 Å². The third kappa shape index (κ3) is 3.79. The topological polar surface area (TPSA) is 26.0 Å². The maximum Gasteiger partial charge on any atom is -0.000824 e. The SMILES string of the molecule is CCCC(CN)c1ccccc1.Cl. The van der Waals surface area contributed by atoms with Crippen molar-refractivity contribution < 1.29 is 0 Å². The van der Waals surface area contributed by atoms with E-state index in [2.05, 4.69) is 31.2 Å². The van der Waals surface area contributed by atoms with E-state index < -0.39 is 0 Å². The van der Waals surface area contributed by atoms with Crippen molar-refractivity contribution in [3.05, 3.63) is 35.9 Å². The highest BCUT2D eigenvalue weighted by atomic mass is 35.5. The molecule has 0 aromatic heterocycles. The minimum Gasteiger partial charge on any atom is -0.330 e. The lowest BCUT2D eigenvalue weighted by atomic mass is 9.95. The molecule has 1 aromatic rings. The Morgan fingerprint density at radius 1 is 1.23 bits per heavy atom. The van der Waals surface area contributed by atoms with E-state index in [1.807, 2.05) is 6.07 Å². The third-order valence-electron chi connectivity index (χ3n) is 2.19. The Morgan fingerprint density at radius 3 is 2.31 bits per heavy atom. The third-order valence-corrected chi connectivity index (χ3v) is 2.19. The molecule has 1 atom stereocenters. The second kappa shape index (κ2) is 6.93.